The van der Waals surface area contributed by atoms with Gasteiger partial charge in [0.05, 0.1) is 5.02 Å². The maximum atomic E-state index is 6.16. The lowest BCUT2D eigenvalue weighted by Crippen LogP contribution is -2.18. The molecular formula is C14H19BrClNO. The van der Waals surface area contributed by atoms with Gasteiger partial charge in [0.1, 0.15) is 12.4 Å². The summed E-state index contributed by atoms with van der Waals surface area (Å²) in [5.41, 5.74) is 1.16. The predicted octanol–water partition coefficient (Wildman–Crippen LogP) is 4.37. The Labute approximate surface area is 122 Å². The first-order chi connectivity index (χ1) is 8.49. The maximum Gasteiger partial charge on any atom is 0.138 e. The van der Waals surface area contributed by atoms with E-state index < -0.39 is 0 Å². The van der Waals surface area contributed by atoms with E-state index in [-0.39, 0.29) is 0 Å². The minimum atomic E-state index is 0.421. The van der Waals surface area contributed by atoms with E-state index in [9.17, 15) is 0 Å². The quantitative estimate of drug-likeness (QED) is 0.800. The first kappa shape index (κ1) is 15.5. The number of benzene rings is 1. The summed E-state index contributed by atoms with van der Waals surface area (Å²) in [5.74, 6) is 1.33. The molecule has 0 saturated carbocycles. The van der Waals surface area contributed by atoms with Crippen LogP contribution in [0.5, 0.6) is 5.75 Å². The van der Waals surface area contributed by atoms with E-state index >= 15 is 0 Å². The Morgan fingerprint density at radius 1 is 1.50 bits per heavy atom. The van der Waals surface area contributed by atoms with Gasteiger partial charge in [0.25, 0.3) is 0 Å². The van der Waals surface area contributed by atoms with Crippen molar-refractivity contribution in [1.82, 2.24) is 5.32 Å². The van der Waals surface area contributed by atoms with Crippen molar-refractivity contribution >= 4 is 27.5 Å². The molecule has 0 saturated heterocycles. The molecule has 100 valence electrons. The molecule has 1 aromatic carbocycles. The fraction of sp³-hybridized carbons (Fsp3) is 0.429. The molecule has 0 aliphatic rings. The highest BCUT2D eigenvalue weighted by atomic mass is 79.9. The van der Waals surface area contributed by atoms with Crippen LogP contribution in [0.4, 0.5) is 0 Å². The molecule has 4 heteroatoms. The zero-order valence-electron chi connectivity index (χ0n) is 10.8. The van der Waals surface area contributed by atoms with Crippen molar-refractivity contribution < 1.29 is 4.74 Å². The van der Waals surface area contributed by atoms with Crippen LogP contribution in [0.3, 0.4) is 0 Å². The van der Waals surface area contributed by atoms with Crippen molar-refractivity contribution in [2.45, 2.75) is 20.4 Å². The predicted molar refractivity (Wildman–Crippen MR) is 81.6 cm³/mol. The first-order valence-corrected chi connectivity index (χ1v) is 7.11. The van der Waals surface area contributed by atoms with Gasteiger partial charge in [-0.1, -0.05) is 54.0 Å². The van der Waals surface area contributed by atoms with Crippen LogP contribution in [0.1, 0.15) is 19.4 Å². The summed E-state index contributed by atoms with van der Waals surface area (Å²) in [6, 6.07) is 5.84. The molecule has 1 rings (SSSR count). The Kier molecular flexibility index (Phi) is 6.76. The molecule has 0 aromatic heterocycles. The molecule has 0 heterocycles. The van der Waals surface area contributed by atoms with Crippen molar-refractivity contribution in [1.29, 1.82) is 0 Å². The highest BCUT2D eigenvalue weighted by Crippen LogP contribution is 2.26. The molecule has 0 aliphatic heterocycles. The lowest BCUT2D eigenvalue weighted by atomic mass is 10.2. The Bertz CT molecular complexity index is 407. The van der Waals surface area contributed by atoms with Crippen LogP contribution in [0.25, 0.3) is 0 Å². The zero-order valence-corrected chi connectivity index (χ0v) is 13.1. The van der Waals surface area contributed by atoms with Crippen molar-refractivity contribution in [3.05, 3.63) is 39.8 Å². The van der Waals surface area contributed by atoms with Gasteiger partial charge in [0.2, 0.25) is 0 Å². The first-order valence-electron chi connectivity index (χ1n) is 5.94. The number of nitrogens with one attached hydrogen (secondary N) is 1. The molecule has 0 amide bonds. The second-order valence-electron chi connectivity index (χ2n) is 4.60. The standard InChI is InChI=1S/C14H19BrClNO/c1-10(2)7-17-8-12-4-5-14(13(16)6-12)18-9-11(3)15/h4-6,10,17H,3,7-9H2,1-2H3. The molecule has 0 radical (unpaired) electrons. The Hall–Kier alpha value is -0.510. The van der Waals surface area contributed by atoms with Crippen LogP contribution >= 0.6 is 27.5 Å². The monoisotopic (exact) mass is 331 g/mol. The van der Waals surface area contributed by atoms with Gasteiger partial charge in [-0.15, -0.1) is 0 Å². The highest BCUT2D eigenvalue weighted by molar-refractivity contribution is 9.11. The highest BCUT2D eigenvalue weighted by Gasteiger charge is 2.04. The Morgan fingerprint density at radius 2 is 2.22 bits per heavy atom. The fourth-order valence-corrected chi connectivity index (χ4v) is 1.80. The third-order valence-electron chi connectivity index (χ3n) is 2.26. The van der Waals surface area contributed by atoms with Crippen LogP contribution in [0, 0.1) is 5.92 Å². The zero-order chi connectivity index (χ0) is 13.5. The van der Waals surface area contributed by atoms with E-state index in [4.69, 9.17) is 16.3 Å². The van der Waals surface area contributed by atoms with Crippen molar-refractivity contribution in [2.75, 3.05) is 13.2 Å². The molecule has 0 aliphatic carbocycles. The van der Waals surface area contributed by atoms with Gasteiger partial charge in [-0.2, -0.15) is 0 Å². The van der Waals surface area contributed by atoms with E-state index in [1.807, 2.05) is 18.2 Å². The topological polar surface area (TPSA) is 21.3 Å². The van der Waals surface area contributed by atoms with Crippen molar-refractivity contribution in [3.8, 4) is 5.75 Å². The summed E-state index contributed by atoms with van der Waals surface area (Å²) in [4.78, 5) is 0. The fourth-order valence-electron chi connectivity index (χ4n) is 1.43. The summed E-state index contributed by atoms with van der Waals surface area (Å²) < 4.78 is 6.29. The summed E-state index contributed by atoms with van der Waals surface area (Å²) >= 11 is 9.40. The van der Waals surface area contributed by atoms with Gasteiger partial charge in [0, 0.05) is 11.0 Å². The number of hydrogen-bond donors (Lipinski definition) is 1. The summed E-state index contributed by atoms with van der Waals surface area (Å²) in [7, 11) is 0. The minimum Gasteiger partial charge on any atom is -0.487 e. The minimum absolute atomic E-state index is 0.421. The van der Waals surface area contributed by atoms with E-state index in [1.54, 1.807) is 0 Å². The number of ether oxygens (including phenoxy) is 1. The van der Waals surface area contributed by atoms with Crippen LogP contribution in [-0.2, 0) is 6.54 Å². The summed E-state index contributed by atoms with van der Waals surface area (Å²) in [6.45, 7) is 10.3. The molecule has 2 nitrogen and oxygen atoms in total. The Balaban J connectivity index is 2.53. The van der Waals surface area contributed by atoms with E-state index in [1.165, 1.54) is 0 Å². The number of hydrogen-bond acceptors (Lipinski definition) is 2. The van der Waals surface area contributed by atoms with E-state index in [0.717, 1.165) is 23.1 Å². The largest absolute Gasteiger partial charge is 0.487 e. The normalized spacial score (nSPS) is 10.7. The molecule has 0 atom stereocenters. The smallest absolute Gasteiger partial charge is 0.138 e. The molecular weight excluding hydrogens is 314 g/mol. The molecule has 1 N–H and O–H groups in total. The second kappa shape index (κ2) is 7.82. The van der Waals surface area contributed by atoms with Crippen LogP contribution in [0.2, 0.25) is 5.02 Å². The van der Waals surface area contributed by atoms with Crippen molar-refractivity contribution in [2.24, 2.45) is 5.92 Å². The lowest BCUT2D eigenvalue weighted by Gasteiger charge is -2.10. The van der Waals surface area contributed by atoms with Crippen molar-refractivity contribution in [3.63, 3.8) is 0 Å². The van der Waals surface area contributed by atoms with Gasteiger partial charge < -0.3 is 10.1 Å². The Morgan fingerprint density at radius 3 is 2.78 bits per heavy atom. The average Bonchev–Trinajstić information content (AvgIpc) is 2.27. The lowest BCUT2D eigenvalue weighted by molar-refractivity contribution is 0.361. The second-order valence-corrected chi connectivity index (χ2v) is 6.12. The van der Waals surface area contributed by atoms with Gasteiger partial charge in [-0.05, 0) is 30.2 Å². The molecule has 0 spiro atoms. The maximum absolute atomic E-state index is 6.16. The van der Waals surface area contributed by atoms with Crippen LogP contribution in [-0.4, -0.2) is 13.2 Å². The molecule has 0 bridgehead atoms. The summed E-state index contributed by atoms with van der Waals surface area (Å²) in [6.07, 6.45) is 0. The molecule has 0 unspecified atom stereocenters. The molecule has 18 heavy (non-hydrogen) atoms. The third kappa shape index (κ3) is 5.89. The van der Waals surface area contributed by atoms with Gasteiger partial charge in [-0.25, -0.2) is 0 Å². The third-order valence-corrected chi connectivity index (χ3v) is 2.79. The van der Waals surface area contributed by atoms with Crippen LogP contribution < -0.4 is 10.1 Å². The van der Waals surface area contributed by atoms with Gasteiger partial charge in [0.15, 0.2) is 0 Å². The van der Waals surface area contributed by atoms with E-state index in [2.05, 4.69) is 41.7 Å². The van der Waals surface area contributed by atoms with Gasteiger partial charge in [-0.3, -0.25) is 0 Å². The number of rotatable bonds is 7. The number of halogens is 2. The summed E-state index contributed by atoms with van der Waals surface area (Å²) in [5, 5.41) is 4.01. The van der Waals surface area contributed by atoms with Crippen LogP contribution in [0.15, 0.2) is 29.3 Å². The molecule has 0 fully saturated rings. The molecule has 1 aromatic rings. The van der Waals surface area contributed by atoms with E-state index in [0.29, 0.717) is 23.3 Å². The SMILES string of the molecule is C=C(Br)COc1ccc(CNCC(C)C)cc1Cl. The average molecular weight is 333 g/mol. The van der Waals surface area contributed by atoms with Gasteiger partial charge >= 0.3 is 0 Å².